The molecule has 0 atom stereocenters. The highest BCUT2D eigenvalue weighted by Crippen LogP contribution is 2.17. The van der Waals surface area contributed by atoms with Crippen LogP contribution in [0, 0.1) is 0 Å². The molecule has 64 valence electrons. The van der Waals surface area contributed by atoms with Crippen molar-refractivity contribution in [3.8, 4) is 0 Å². The fraction of sp³-hybridized carbons (Fsp3) is 0.600. The van der Waals surface area contributed by atoms with Crippen molar-refractivity contribution in [2.24, 2.45) is 5.73 Å². The Morgan fingerprint density at radius 3 is 2.73 bits per heavy atom. The molecule has 0 bridgehead atoms. The van der Waals surface area contributed by atoms with Crippen molar-refractivity contribution in [3.63, 3.8) is 0 Å². The minimum absolute atomic E-state index is 0. The van der Waals surface area contributed by atoms with E-state index in [9.17, 15) is 4.79 Å². The standard InChI is InChI=1S/C5H8N2OS2.ClH/c6-1-2-7-4(8)3-10-5(7)9;/h1-3,6H2;1H. The first-order valence-corrected chi connectivity index (χ1v) is 4.32. The molecule has 0 radical (unpaired) electrons. The second-order valence-corrected chi connectivity index (χ2v) is 3.50. The van der Waals surface area contributed by atoms with Gasteiger partial charge in [-0.25, -0.2) is 0 Å². The molecule has 1 fully saturated rings. The Balaban J connectivity index is 0.000001000. The summed E-state index contributed by atoms with van der Waals surface area (Å²) in [4.78, 5) is 12.5. The molecular weight excluding hydrogens is 204 g/mol. The molecule has 2 N–H and O–H groups in total. The average molecular weight is 213 g/mol. The van der Waals surface area contributed by atoms with E-state index in [1.54, 1.807) is 4.90 Å². The van der Waals surface area contributed by atoms with Gasteiger partial charge in [-0.2, -0.15) is 0 Å². The molecule has 1 saturated heterocycles. The van der Waals surface area contributed by atoms with Gasteiger partial charge in [-0.3, -0.25) is 9.69 Å². The number of halogens is 1. The predicted molar refractivity (Wildman–Crippen MR) is 53.1 cm³/mol. The van der Waals surface area contributed by atoms with Crippen molar-refractivity contribution >= 4 is 46.6 Å². The van der Waals surface area contributed by atoms with Crippen LogP contribution >= 0.6 is 36.4 Å². The topological polar surface area (TPSA) is 46.3 Å². The number of nitrogens with two attached hydrogens (primary N) is 1. The summed E-state index contributed by atoms with van der Waals surface area (Å²) in [5, 5.41) is 0. The average Bonchev–Trinajstić information content (AvgIpc) is 2.20. The molecule has 0 aromatic carbocycles. The van der Waals surface area contributed by atoms with Crippen LogP contribution in [0.3, 0.4) is 0 Å². The Morgan fingerprint density at radius 2 is 2.36 bits per heavy atom. The molecule has 6 heteroatoms. The third-order valence-electron chi connectivity index (χ3n) is 1.19. The molecule has 3 nitrogen and oxygen atoms in total. The molecule has 1 heterocycles. The highest BCUT2D eigenvalue weighted by Gasteiger charge is 2.25. The van der Waals surface area contributed by atoms with E-state index in [1.807, 2.05) is 0 Å². The molecule has 11 heavy (non-hydrogen) atoms. The summed E-state index contributed by atoms with van der Waals surface area (Å²) < 4.78 is 0.662. The van der Waals surface area contributed by atoms with Crippen molar-refractivity contribution < 1.29 is 4.79 Å². The first-order valence-electron chi connectivity index (χ1n) is 2.93. The largest absolute Gasteiger partial charge is 0.329 e. The number of hydrogen-bond donors (Lipinski definition) is 1. The zero-order chi connectivity index (χ0) is 7.56. The molecule has 1 rings (SSSR count). The van der Waals surface area contributed by atoms with Gasteiger partial charge in [-0.05, 0) is 0 Å². The molecule has 0 spiro atoms. The summed E-state index contributed by atoms with van der Waals surface area (Å²) >= 11 is 6.30. The number of rotatable bonds is 2. The number of hydrogen-bond acceptors (Lipinski definition) is 4. The van der Waals surface area contributed by atoms with E-state index in [4.69, 9.17) is 18.0 Å². The summed E-state index contributed by atoms with van der Waals surface area (Å²) in [6.07, 6.45) is 0. The Bertz CT molecular complexity index is 160. The van der Waals surface area contributed by atoms with Gasteiger partial charge in [-0.1, -0.05) is 24.0 Å². The molecule has 0 aliphatic carbocycles. The van der Waals surface area contributed by atoms with Crippen molar-refractivity contribution in [1.82, 2.24) is 4.90 Å². The molecular formula is C5H9ClN2OS2. The number of carbonyl (C=O) groups is 1. The third-order valence-corrected chi connectivity index (χ3v) is 2.63. The number of carbonyl (C=O) groups excluding carboxylic acids is 1. The maximum absolute atomic E-state index is 10.9. The summed E-state index contributed by atoms with van der Waals surface area (Å²) in [6.45, 7) is 1.04. The lowest BCUT2D eigenvalue weighted by molar-refractivity contribution is -0.123. The van der Waals surface area contributed by atoms with Gasteiger partial charge in [0.15, 0.2) is 0 Å². The van der Waals surface area contributed by atoms with Crippen LogP contribution in [0.2, 0.25) is 0 Å². The molecule has 1 amide bonds. The van der Waals surface area contributed by atoms with Crippen LogP contribution in [0.1, 0.15) is 0 Å². The van der Waals surface area contributed by atoms with Crippen LogP contribution in [-0.2, 0) is 4.79 Å². The Morgan fingerprint density at radius 1 is 1.73 bits per heavy atom. The number of nitrogens with zero attached hydrogens (tertiary/aromatic N) is 1. The summed E-state index contributed by atoms with van der Waals surface area (Å²) in [6, 6.07) is 0. The molecule has 0 aromatic heterocycles. The van der Waals surface area contributed by atoms with Gasteiger partial charge in [0.25, 0.3) is 0 Å². The van der Waals surface area contributed by atoms with Crippen LogP contribution < -0.4 is 5.73 Å². The predicted octanol–water partition coefficient (Wildman–Crippen LogP) is 0.227. The van der Waals surface area contributed by atoms with Gasteiger partial charge < -0.3 is 5.73 Å². The first-order chi connectivity index (χ1) is 4.75. The van der Waals surface area contributed by atoms with Crippen molar-refractivity contribution in [2.45, 2.75) is 0 Å². The van der Waals surface area contributed by atoms with Gasteiger partial charge in [0.2, 0.25) is 5.91 Å². The Labute approximate surface area is 81.1 Å². The van der Waals surface area contributed by atoms with Gasteiger partial charge in [0, 0.05) is 13.1 Å². The van der Waals surface area contributed by atoms with E-state index >= 15 is 0 Å². The fourth-order valence-electron chi connectivity index (χ4n) is 0.726. The van der Waals surface area contributed by atoms with Crippen LogP contribution in [0.5, 0.6) is 0 Å². The molecule has 1 aliphatic heterocycles. The zero-order valence-electron chi connectivity index (χ0n) is 5.78. The van der Waals surface area contributed by atoms with Crippen molar-refractivity contribution in [1.29, 1.82) is 0 Å². The van der Waals surface area contributed by atoms with E-state index < -0.39 is 0 Å². The highest BCUT2D eigenvalue weighted by atomic mass is 35.5. The monoisotopic (exact) mass is 212 g/mol. The van der Waals surface area contributed by atoms with Crippen LogP contribution in [0.25, 0.3) is 0 Å². The van der Waals surface area contributed by atoms with Crippen molar-refractivity contribution in [3.05, 3.63) is 0 Å². The number of thiocarbonyl (C=S) groups is 1. The highest BCUT2D eigenvalue weighted by molar-refractivity contribution is 8.23. The maximum Gasteiger partial charge on any atom is 0.238 e. The molecule has 0 aromatic rings. The fourth-order valence-corrected chi connectivity index (χ4v) is 1.85. The number of thioether (sulfide) groups is 1. The third kappa shape index (κ3) is 2.59. The molecule has 1 aliphatic rings. The first kappa shape index (κ1) is 11.2. The Hall–Kier alpha value is 0.160. The number of amides is 1. The van der Waals surface area contributed by atoms with Gasteiger partial charge >= 0.3 is 0 Å². The van der Waals surface area contributed by atoms with E-state index in [0.29, 0.717) is 23.2 Å². The van der Waals surface area contributed by atoms with Crippen LogP contribution in [0.4, 0.5) is 0 Å². The Kier molecular flexibility index (Phi) is 4.99. The summed E-state index contributed by atoms with van der Waals surface area (Å²) in [7, 11) is 0. The lowest BCUT2D eigenvalue weighted by Gasteiger charge is -2.11. The quantitative estimate of drug-likeness (QED) is 0.666. The lowest BCUT2D eigenvalue weighted by Crippen LogP contribution is -2.33. The summed E-state index contributed by atoms with van der Waals surface area (Å²) in [5.41, 5.74) is 5.27. The van der Waals surface area contributed by atoms with Crippen LogP contribution in [-0.4, -0.2) is 34.0 Å². The van der Waals surface area contributed by atoms with E-state index in [-0.39, 0.29) is 18.3 Å². The second kappa shape index (κ2) is 4.92. The second-order valence-electron chi connectivity index (χ2n) is 1.89. The SMILES string of the molecule is Cl.NCCN1C(=O)CSC1=S. The minimum Gasteiger partial charge on any atom is -0.329 e. The van der Waals surface area contributed by atoms with E-state index in [1.165, 1.54) is 11.8 Å². The smallest absolute Gasteiger partial charge is 0.238 e. The zero-order valence-corrected chi connectivity index (χ0v) is 8.23. The van der Waals surface area contributed by atoms with Crippen molar-refractivity contribution in [2.75, 3.05) is 18.8 Å². The van der Waals surface area contributed by atoms with Gasteiger partial charge in [-0.15, -0.1) is 12.4 Å². The normalized spacial score (nSPS) is 17.0. The lowest BCUT2D eigenvalue weighted by atomic mass is 10.5. The maximum atomic E-state index is 10.9. The minimum atomic E-state index is 0. The molecule has 0 saturated carbocycles. The van der Waals surface area contributed by atoms with Crippen LogP contribution in [0.15, 0.2) is 0 Å². The van der Waals surface area contributed by atoms with Gasteiger partial charge in [0.1, 0.15) is 4.32 Å². The van der Waals surface area contributed by atoms with E-state index in [0.717, 1.165) is 0 Å². The summed E-state index contributed by atoms with van der Waals surface area (Å²) in [5.74, 6) is 0.569. The van der Waals surface area contributed by atoms with E-state index in [2.05, 4.69) is 0 Å². The molecule has 0 unspecified atom stereocenters. The van der Waals surface area contributed by atoms with Gasteiger partial charge in [0.05, 0.1) is 5.75 Å².